The Bertz CT molecular complexity index is 894. The lowest BCUT2D eigenvalue weighted by Crippen LogP contribution is -2.20. The first-order valence-corrected chi connectivity index (χ1v) is 7.87. The Morgan fingerprint density at radius 2 is 1.96 bits per heavy atom. The van der Waals surface area contributed by atoms with E-state index in [0.717, 1.165) is 11.1 Å². The number of aryl methyl sites for hydroxylation is 1. The number of rotatable bonds is 4. The molecule has 3 aromatic rings. The van der Waals surface area contributed by atoms with Gasteiger partial charge in [-0.05, 0) is 35.9 Å². The number of halogens is 2. The maximum absolute atomic E-state index is 12.1. The Morgan fingerprint density at radius 3 is 2.71 bits per heavy atom. The van der Waals surface area contributed by atoms with Gasteiger partial charge in [0.05, 0.1) is 10.0 Å². The molecule has 8 heteroatoms. The van der Waals surface area contributed by atoms with Crippen LogP contribution < -0.4 is 5.32 Å². The van der Waals surface area contributed by atoms with Crippen LogP contribution in [0.15, 0.2) is 42.5 Å². The molecule has 2 aromatic carbocycles. The van der Waals surface area contributed by atoms with Crippen molar-refractivity contribution in [2.24, 2.45) is 0 Å². The van der Waals surface area contributed by atoms with Crippen LogP contribution in [0.5, 0.6) is 0 Å². The van der Waals surface area contributed by atoms with Crippen molar-refractivity contribution in [1.82, 2.24) is 20.2 Å². The number of nitrogens with zero attached hydrogens (tertiary/aromatic N) is 4. The van der Waals surface area contributed by atoms with E-state index in [0.29, 0.717) is 21.6 Å². The lowest BCUT2D eigenvalue weighted by atomic mass is 10.1. The number of benzene rings is 2. The number of aromatic nitrogens is 4. The van der Waals surface area contributed by atoms with Gasteiger partial charge in [-0.15, -0.1) is 10.2 Å². The molecule has 3 rings (SSSR count). The first kappa shape index (κ1) is 16.4. The normalized spacial score (nSPS) is 10.6. The van der Waals surface area contributed by atoms with Gasteiger partial charge in [0.2, 0.25) is 11.7 Å². The molecular formula is C16H13Cl2N5O. The Labute approximate surface area is 148 Å². The van der Waals surface area contributed by atoms with E-state index in [4.69, 9.17) is 23.2 Å². The number of hydrogen-bond donors (Lipinski definition) is 1. The van der Waals surface area contributed by atoms with E-state index < -0.39 is 0 Å². The van der Waals surface area contributed by atoms with E-state index in [1.807, 2.05) is 31.2 Å². The fraction of sp³-hybridized carbons (Fsp3) is 0.125. The molecule has 0 saturated heterocycles. The van der Waals surface area contributed by atoms with Crippen LogP contribution in [-0.4, -0.2) is 26.1 Å². The molecule has 0 aliphatic rings. The third-order valence-electron chi connectivity index (χ3n) is 3.33. The van der Waals surface area contributed by atoms with Gasteiger partial charge in [-0.25, -0.2) is 0 Å². The summed E-state index contributed by atoms with van der Waals surface area (Å²) in [4.78, 5) is 13.3. The zero-order valence-electron chi connectivity index (χ0n) is 12.7. The quantitative estimate of drug-likeness (QED) is 0.770. The second-order valence-corrected chi connectivity index (χ2v) is 5.95. The number of carbonyl (C=O) groups excluding carboxylic acids is 1. The molecule has 24 heavy (non-hydrogen) atoms. The van der Waals surface area contributed by atoms with Crippen LogP contribution in [0.3, 0.4) is 0 Å². The predicted molar refractivity (Wildman–Crippen MR) is 93.1 cm³/mol. The summed E-state index contributed by atoms with van der Waals surface area (Å²) in [5.74, 6) is 0.192. The van der Waals surface area contributed by atoms with Crippen LogP contribution >= 0.6 is 23.2 Å². The van der Waals surface area contributed by atoms with Gasteiger partial charge in [-0.1, -0.05) is 47.5 Å². The van der Waals surface area contributed by atoms with Crippen molar-refractivity contribution in [3.63, 3.8) is 0 Å². The minimum Gasteiger partial charge on any atom is -0.324 e. The third-order valence-corrected chi connectivity index (χ3v) is 4.07. The number of amides is 1. The van der Waals surface area contributed by atoms with Crippen LogP contribution in [0.4, 0.5) is 5.69 Å². The van der Waals surface area contributed by atoms with E-state index in [1.54, 1.807) is 18.2 Å². The number of tetrazole rings is 1. The molecule has 0 atom stereocenters. The molecule has 1 aromatic heterocycles. The number of carbonyl (C=O) groups is 1. The second kappa shape index (κ2) is 6.98. The van der Waals surface area contributed by atoms with E-state index >= 15 is 0 Å². The summed E-state index contributed by atoms with van der Waals surface area (Å²) in [6, 6.07) is 12.6. The van der Waals surface area contributed by atoms with Gasteiger partial charge in [0.25, 0.3) is 0 Å². The molecule has 0 aliphatic carbocycles. The van der Waals surface area contributed by atoms with E-state index in [1.165, 1.54) is 4.80 Å². The Kier molecular flexibility index (Phi) is 4.78. The van der Waals surface area contributed by atoms with Gasteiger partial charge >= 0.3 is 0 Å². The molecular weight excluding hydrogens is 349 g/mol. The highest BCUT2D eigenvalue weighted by atomic mass is 35.5. The van der Waals surface area contributed by atoms with Crippen LogP contribution in [0, 0.1) is 6.92 Å². The standard InChI is InChI=1S/C16H13Cl2N5O/c1-10-4-2-3-5-12(10)16-20-22-23(21-16)9-15(24)19-11-6-7-13(17)14(18)8-11/h2-8H,9H2,1H3,(H,19,24). The van der Waals surface area contributed by atoms with Crippen molar-refractivity contribution in [2.75, 3.05) is 5.32 Å². The van der Waals surface area contributed by atoms with Gasteiger partial charge < -0.3 is 5.32 Å². The summed E-state index contributed by atoms with van der Waals surface area (Å²) in [5.41, 5.74) is 2.47. The molecule has 0 aliphatic heterocycles. The summed E-state index contributed by atoms with van der Waals surface area (Å²) in [5, 5.41) is 15.7. The zero-order chi connectivity index (χ0) is 17.1. The number of nitrogens with one attached hydrogen (secondary N) is 1. The fourth-order valence-electron chi connectivity index (χ4n) is 2.14. The van der Waals surface area contributed by atoms with Gasteiger partial charge in [-0.3, -0.25) is 4.79 Å². The van der Waals surface area contributed by atoms with Crippen molar-refractivity contribution in [2.45, 2.75) is 13.5 Å². The molecule has 1 amide bonds. The first-order valence-electron chi connectivity index (χ1n) is 7.11. The summed E-state index contributed by atoms with van der Waals surface area (Å²) in [6.07, 6.45) is 0. The van der Waals surface area contributed by atoms with Crippen molar-refractivity contribution in [3.05, 3.63) is 58.1 Å². The maximum atomic E-state index is 12.1. The number of hydrogen-bond acceptors (Lipinski definition) is 4. The summed E-state index contributed by atoms with van der Waals surface area (Å²) in [7, 11) is 0. The average Bonchev–Trinajstić information content (AvgIpc) is 2.99. The molecule has 0 bridgehead atoms. The van der Waals surface area contributed by atoms with Crippen molar-refractivity contribution < 1.29 is 4.79 Å². The Balaban J connectivity index is 1.69. The summed E-state index contributed by atoms with van der Waals surface area (Å²) < 4.78 is 0. The zero-order valence-corrected chi connectivity index (χ0v) is 14.2. The highest BCUT2D eigenvalue weighted by Crippen LogP contribution is 2.25. The smallest absolute Gasteiger partial charge is 0.248 e. The van der Waals surface area contributed by atoms with Gasteiger partial charge in [0.15, 0.2) is 0 Å². The number of anilines is 1. The molecule has 0 unspecified atom stereocenters. The summed E-state index contributed by atoms with van der Waals surface area (Å²) >= 11 is 11.8. The first-order chi connectivity index (χ1) is 11.5. The van der Waals surface area contributed by atoms with E-state index in [-0.39, 0.29) is 12.5 Å². The van der Waals surface area contributed by atoms with Crippen molar-refractivity contribution in [1.29, 1.82) is 0 Å². The predicted octanol–water partition coefficient (Wildman–Crippen LogP) is 3.59. The SMILES string of the molecule is Cc1ccccc1-c1nnn(CC(=O)Nc2ccc(Cl)c(Cl)c2)n1. The molecule has 1 heterocycles. The molecule has 0 fully saturated rings. The third kappa shape index (κ3) is 3.72. The second-order valence-electron chi connectivity index (χ2n) is 5.14. The van der Waals surface area contributed by atoms with Crippen LogP contribution in [-0.2, 0) is 11.3 Å². The molecule has 0 spiro atoms. The highest BCUT2D eigenvalue weighted by Gasteiger charge is 2.11. The molecule has 1 N–H and O–H groups in total. The van der Waals surface area contributed by atoms with Crippen LogP contribution in [0.25, 0.3) is 11.4 Å². The Morgan fingerprint density at radius 1 is 1.17 bits per heavy atom. The van der Waals surface area contributed by atoms with Gasteiger partial charge in [0, 0.05) is 11.3 Å². The molecule has 122 valence electrons. The maximum Gasteiger partial charge on any atom is 0.248 e. The van der Waals surface area contributed by atoms with Crippen molar-refractivity contribution >= 4 is 34.8 Å². The lowest BCUT2D eigenvalue weighted by molar-refractivity contribution is -0.117. The Hall–Kier alpha value is -2.44. The van der Waals surface area contributed by atoms with Crippen LogP contribution in [0.1, 0.15) is 5.56 Å². The molecule has 0 radical (unpaired) electrons. The lowest BCUT2D eigenvalue weighted by Gasteiger charge is -2.05. The monoisotopic (exact) mass is 361 g/mol. The van der Waals surface area contributed by atoms with Gasteiger partial charge in [-0.2, -0.15) is 4.80 Å². The highest BCUT2D eigenvalue weighted by molar-refractivity contribution is 6.42. The van der Waals surface area contributed by atoms with Gasteiger partial charge in [0.1, 0.15) is 6.54 Å². The van der Waals surface area contributed by atoms with Crippen LogP contribution in [0.2, 0.25) is 10.0 Å². The van der Waals surface area contributed by atoms with E-state index in [9.17, 15) is 4.79 Å². The minimum absolute atomic E-state index is 0.0564. The largest absolute Gasteiger partial charge is 0.324 e. The minimum atomic E-state index is -0.290. The fourth-order valence-corrected chi connectivity index (χ4v) is 2.44. The summed E-state index contributed by atoms with van der Waals surface area (Å²) in [6.45, 7) is 1.91. The topological polar surface area (TPSA) is 72.7 Å². The average molecular weight is 362 g/mol. The van der Waals surface area contributed by atoms with E-state index in [2.05, 4.69) is 20.7 Å². The van der Waals surface area contributed by atoms with Crippen molar-refractivity contribution in [3.8, 4) is 11.4 Å². The molecule has 0 saturated carbocycles. The molecule has 6 nitrogen and oxygen atoms in total.